The third-order valence-corrected chi connectivity index (χ3v) is 4.84. The van der Waals surface area contributed by atoms with E-state index >= 15 is 0 Å². The lowest BCUT2D eigenvalue weighted by Crippen LogP contribution is -2.52. The van der Waals surface area contributed by atoms with Gasteiger partial charge in [-0.15, -0.1) is 17.5 Å². The van der Waals surface area contributed by atoms with Crippen molar-refractivity contribution in [3.05, 3.63) is 35.7 Å². The van der Waals surface area contributed by atoms with Crippen molar-refractivity contribution in [3.8, 4) is 11.4 Å². The molecule has 7 nitrogen and oxygen atoms in total. The quantitative estimate of drug-likeness (QED) is 0.769. The van der Waals surface area contributed by atoms with Gasteiger partial charge in [0, 0.05) is 12.1 Å². The van der Waals surface area contributed by atoms with Crippen LogP contribution in [0.25, 0.3) is 5.69 Å². The van der Waals surface area contributed by atoms with Gasteiger partial charge in [-0.25, -0.2) is 4.68 Å². The van der Waals surface area contributed by atoms with Gasteiger partial charge in [0.25, 0.3) is 5.91 Å². The summed E-state index contributed by atoms with van der Waals surface area (Å²) >= 11 is 0. The number of rotatable bonds is 6. The molecule has 1 saturated heterocycles. The Bertz CT molecular complexity index is 775. The molecule has 2 unspecified atom stereocenters. The maximum atomic E-state index is 12.8. The Labute approximate surface area is 172 Å². The Balaban J connectivity index is 0.00000280. The van der Waals surface area contributed by atoms with Crippen molar-refractivity contribution in [2.45, 2.75) is 65.1 Å². The van der Waals surface area contributed by atoms with E-state index in [1.54, 1.807) is 4.68 Å². The van der Waals surface area contributed by atoms with Crippen molar-refractivity contribution in [3.63, 3.8) is 0 Å². The third-order valence-electron chi connectivity index (χ3n) is 4.84. The minimum Gasteiger partial charge on any atom is -0.491 e. The number of hydrogen-bond donors (Lipinski definition) is 2. The van der Waals surface area contributed by atoms with Gasteiger partial charge in [-0.1, -0.05) is 12.1 Å². The summed E-state index contributed by atoms with van der Waals surface area (Å²) in [5, 5.41) is 14.9. The highest BCUT2D eigenvalue weighted by Gasteiger charge is 2.26. The lowest BCUT2D eigenvalue weighted by atomic mass is 9.99. The van der Waals surface area contributed by atoms with Gasteiger partial charge in [0.1, 0.15) is 5.75 Å². The minimum atomic E-state index is -0.154. The van der Waals surface area contributed by atoms with Crippen LogP contribution in [0.5, 0.6) is 5.75 Å². The van der Waals surface area contributed by atoms with E-state index in [0.717, 1.165) is 36.5 Å². The van der Waals surface area contributed by atoms with Crippen LogP contribution < -0.4 is 15.4 Å². The zero-order chi connectivity index (χ0) is 19.4. The third kappa shape index (κ3) is 5.02. The average Bonchev–Trinajstić information content (AvgIpc) is 3.08. The van der Waals surface area contributed by atoms with Crippen LogP contribution in [-0.4, -0.2) is 45.6 Å². The number of carbonyl (C=O) groups excluding carboxylic acids is 1. The molecule has 1 fully saturated rings. The van der Waals surface area contributed by atoms with Crippen molar-refractivity contribution in [1.82, 2.24) is 25.6 Å². The first-order valence-corrected chi connectivity index (χ1v) is 9.75. The molecule has 1 aliphatic rings. The number of ether oxygens (including phenoxy) is 1. The number of amides is 1. The Kier molecular flexibility index (Phi) is 7.83. The van der Waals surface area contributed by atoms with Gasteiger partial charge in [0.15, 0.2) is 5.69 Å². The molecule has 1 aromatic carbocycles. The summed E-state index contributed by atoms with van der Waals surface area (Å²) in [6, 6.07) is 8.06. The van der Waals surface area contributed by atoms with Crippen molar-refractivity contribution in [2.75, 3.05) is 6.54 Å². The SMILES string of the molecule is CCc1c(C(=O)NC2CCCNC2C)nnn1-c1ccc(OC(C)C)cc1.Cl. The van der Waals surface area contributed by atoms with Crippen molar-refractivity contribution >= 4 is 18.3 Å². The van der Waals surface area contributed by atoms with E-state index < -0.39 is 0 Å². The van der Waals surface area contributed by atoms with Crippen LogP contribution in [0.3, 0.4) is 0 Å². The van der Waals surface area contributed by atoms with E-state index in [0.29, 0.717) is 12.1 Å². The number of carbonyl (C=O) groups is 1. The highest BCUT2D eigenvalue weighted by molar-refractivity contribution is 5.93. The smallest absolute Gasteiger partial charge is 0.274 e. The monoisotopic (exact) mass is 407 g/mol. The van der Waals surface area contributed by atoms with Crippen LogP contribution in [0.15, 0.2) is 24.3 Å². The number of hydrogen-bond acceptors (Lipinski definition) is 5. The van der Waals surface area contributed by atoms with E-state index in [-0.39, 0.29) is 36.5 Å². The van der Waals surface area contributed by atoms with Crippen LogP contribution in [0.1, 0.15) is 56.7 Å². The molecule has 0 aliphatic carbocycles. The second-order valence-electron chi connectivity index (χ2n) is 7.28. The fourth-order valence-corrected chi connectivity index (χ4v) is 3.42. The van der Waals surface area contributed by atoms with Gasteiger partial charge >= 0.3 is 0 Å². The molecule has 2 heterocycles. The molecule has 0 spiro atoms. The highest BCUT2D eigenvalue weighted by Crippen LogP contribution is 2.19. The first kappa shape index (κ1) is 22.2. The molecule has 1 aliphatic heterocycles. The van der Waals surface area contributed by atoms with E-state index in [1.807, 2.05) is 45.0 Å². The molecule has 0 bridgehead atoms. The molecule has 154 valence electrons. The molecule has 28 heavy (non-hydrogen) atoms. The number of aromatic nitrogens is 3. The summed E-state index contributed by atoms with van der Waals surface area (Å²) in [5.41, 5.74) is 2.07. The molecular formula is C20H30ClN5O2. The molecule has 2 atom stereocenters. The second-order valence-corrected chi connectivity index (χ2v) is 7.28. The van der Waals surface area contributed by atoms with Crippen LogP contribution >= 0.6 is 12.4 Å². The zero-order valence-corrected chi connectivity index (χ0v) is 17.8. The summed E-state index contributed by atoms with van der Waals surface area (Å²) in [4.78, 5) is 12.8. The second kappa shape index (κ2) is 9.89. The van der Waals surface area contributed by atoms with Crippen LogP contribution in [0, 0.1) is 0 Å². The van der Waals surface area contributed by atoms with E-state index in [4.69, 9.17) is 4.74 Å². The van der Waals surface area contributed by atoms with Gasteiger partial charge in [0.2, 0.25) is 0 Å². The largest absolute Gasteiger partial charge is 0.491 e. The zero-order valence-electron chi connectivity index (χ0n) is 16.9. The maximum Gasteiger partial charge on any atom is 0.274 e. The van der Waals surface area contributed by atoms with Crippen LogP contribution in [0.4, 0.5) is 0 Å². The standard InChI is InChI=1S/C20H29N5O2.ClH/c1-5-18-19(20(26)22-17-7-6-12-21-14(17)4)23-24-25(18)15-8-10-16(11-9-15)27-13(2)3;/h8-11,13-14,17,21H,5-7,12H2,1-4H3,(H,22,26);1H. The molecule has 0 saturated carbocycles. The van der Waals surface area contributed by atoms with Gasteiger partial charge in [0.05, 0.1) is 17.5 Å². The first-order valence-electron chi connectivity index (χ1n) is 9.75. The van der Waals surface area contributed by atoms with E-state index in [1.165, 1.54) is 0 Å². The molecule has 1 amide bonds. The number of nitrogens with zero attached hydrogens (tertiary/aromatic N) is 3. The summed E-state index contributed by atoms with van der Waals surface area (Å²) < 4.78 is 7.42. The highest BCUT2D eigenvalue weighted by atomic mass is 35.5. The number of nitrogens with one attached hydrogen (secondary N) is 2. The Morgan fingerprint density at radius 2 is 2.07 bits per heavy atom. The van der Waals surface area contributed by atoms with Gasteiger partial charge in [-0.05, 0) is 70.8 Å². The van der Waals surface area contributed by atoms with Gasteiger partial charge in [-0.2, -0.15) is 0 Å². The normalized spacial score (nSPS) is 19.2. The number of benzene rings is 1. The number of halogens is 1. The Morgan fingerprint density at radius 1 is 1.36 bits per heavy atom. The molecule has 1 aromatic heterocycles. The summed E-state index contributed by atoms with van der Waals surface area (Å²) in [5.74, 6) is 0.655. The average molecular weight is 408 g/mol. The maximum absolute atomic E-state index is 12.8. The summed E-state index contributed by atoms with van der Waals surface area (Å²) in [7, 11) is 0. The van der Waals surface area contributed by atoms with Crippen molar-refractivity contribution in [1.29, 1.82) is 0 Å². The molecule has 2 aromatic rings. The van der Waals surface area contributed by atoms with Crippen molar-refractivity contribution < 1.29 is 9.53 Å². The Morgan fingerprint density at radius 3 is 2.68 bits per heavy atom. The minimum absolute atomic E-state index is 0. The molecular weight excluding hydrogens is 378 g/mol. The van der Waals surface area contributed by atoms with Crippen LogP contribution in [0.2, 0.25) is 0 Å². The van der Waals surface area contributed by atoms with E-state index in [9.17, 15) is 4.79 Å². The Hall–Kier alpha value is -2.12. The van der Waals surface area contributed by atoms with Crippen LogP contribution in [-0.2, 0) is 6.42 Å². The summed E-state index contributed by atoms with van der Waals surface area (Å²) in [6.45, 7) is 9.10. The number of piperidine rings is 1. The predicted molar refractivity (Wildman–Crippen MR) is 112 cm³/mol. The van der Waals surface area contributed by atoms with Gasteiger partial charge < -0.3 is 15.4 Å². The topological polar surface area (TPSA) is 81.1 Å². The molecule has 0 radical (unpaired) electrons. The first-order chi connectivity index (χ1) is 13.0. The molecule has 8 heteroatoms. The fourth-order valence-electron chi connectivity index (χ4n) is 3.42. The predicted octanol–water partition coefficient (Wildman–Crippen LogP) is 2.91. The summed E-state index contributed by atoms with van der Waals surface area (Å²) in [6.07, 6.45) is 2.83. The fraction of sp³-hybridized carbons (Fsp3) is 0.550. The molecule has 3 rings (SSSR count). The van der Waals surface area contributed by atoms with Gasteiger partial charge in [-0.3, -0.25) is 4.79 Å². The van der Waals surface area contributed by atoms with Crippen molar-refractivity contribution in [2.24, 2.45) is 0 Å². The molecule has 2 N–H and O–H groups in total. The van der Waals surface area contributed by atoms with E-state index in [2.05, 4.69) is 27.9 Å². The lowest BCUT2D eigenvalue weighted by molar-refractivity contribution is 0.0913. The lowest BCUT2D eigenvalue weighted by Gasteiger charge is -2.30.